The third-order valence-electron chi connectivity index (χ3n) is 4.82. The van der Waals surface area contributed by atoms with E-state index in [1.54, 1.807) is 18.3 Å². The summed E-state index contributed by atoms with van der Waals surface area (Å²) in [5.74, 6) is 0. The van der Waals surface area contributed by atoms with E-state index in [0.717, 1.165) is 28.3 Å². The van der Waals surface area contributed by atoms with Crippen molar-refractivity contribution in [1.82, 2.24) is 14.5 Å². The topological polar surface area (TPSA) is 95.2 Å². The molecule has 0 amide bonds. The summed E-state index contributed by atoms with van der Waals surface area (Å²) in [6, 6.07) is 6.86. The second kappa shape index (κ2) is 7.13. The summed E-state index contributed by atoms with van der Waals surface area (Å²) in [7, 11) is -3.40. The van der Waals surface area contributed by atoms with Gasteiger partial charge in [-0.2, -0.15) is 0 Å². The number of nitrogens with zero attached hydrogens (tertiary/aromatic N) is 4. The fraction of sp³-hybridized carbons (Fsp3) is 0.0952. The summed E-state index contributed by atoms with van der Waals surface area (Å²) in [4.78, 5) is 11.8. The van der Waals surface area contributed by atoms with Crippen LogP contribution in [0, 0.1) is 13.5 Å². The molecular weight excluding hydrogens is 422 g/mol. The van der Waals surface area contributed by atoms with E-state index in [1.807, 2.05) is 23.8 Å². The van der Waals surface area contributed by atoms with Gasteiger partial charge in [-0.3, -0.25) is 4.98 Å². The van der Waals surface area contributed by atoms with Crippen molar-refractivity contribution in [3.05, 3.63) is 71.1 Å². The molecule has 7 nitrogen and oxygen atoms in total. The van der Waals surface area contributed by atoms with Crippen molar-refractivity contribution < 1.29 is 8.42 Å². The molecule has 3 aromatic heterocycles. The first-order chi connectivity index (χ1) is 14.2. The summed E-state index contributed by atoms with van der Waals surface area (Å²) >= 11 is 6.45. The quantitative estimate of drug-likeness (QED) is 0.473. The van der Waals surface area contributed by atoms with E-state index in [1.165, 1.54) is 18.5 Å². The third-order valence-corrected chi connectivity index (χ3v) is 6.24. The lowest BCUT2D eigenvalue weighted by atomic mass is 10.0. The van der Waals surface area contributed by atoms with Crippen molar-refractivity contribution >= 4 is 43.7 Å². The van der Waals surface area contributed by atoms with Crippen molar-refractivity contribution in [1.29, 1.82) is 0 Å². The Morgan fingerprint density at radius 1 is 1.17 bits per heavy atom. The molecule has 0 radical (unpaired) electrons. The van der Waals surface area contributed by atoms with Crippen LogP contribution in [0.3, 0.4) is 0 Å². The molecule has 0 aliphatic rings. The first-order valence-electron chi connectivity index (χ1n) is 8.79. The predicted octanol–water partition coefficient (Wildman–Crippen LogP) is 4.59. The molecule has 150 valence electrons. The molecule has 4 aromatic rings. The van der Waals surface area contributed by atoms with Gasteiger partial charge in [0.15, 0.2) is 20.6 Å². The summed E-state index contributed by atoms with van der Waals surface area (Å²) in [5, 5.41) is 1.17. The molecule has 0 bridgehead atoms. The molecule has 0 aliphatic heterocycles. The largest absolute Gasteiger partial charge is 0.396 e. The van der Waals surface area contributed by atoms with Crippen LogP contribution in [-0.4, -0.2) is 29.2 Å². The number of sulfone groups is 1. The van der Waals surface area contributed by atoms with Crippen molar-refractivity contribution in [2.45, 2.75) is 11.9 Å². The zero-order valence-electron chi connectivity index (χ0n) is 16.1. The van der Waals surface area contributed by atoms with Gasteiger partial charge in [0, 0.05) is 29.8 Å². The molecule has 4 rings (SSSR count). The summed E-state index contributed by atoms with van der Waals surface area (Å²) in [5.41, 5.74) is 10.5. The van der Waals surface area contributed by atoms with Gasteiger partial charge < -0.3 is 10.3 Å². The number of hydrogen-bond donors (Lipinski definition) is 1. The maximum absolute atomic E-state index is 11.7. The Morgan fingerprint density at radius 2 is 1.93 bits per heavy atom. The van der Waals surface area contributed by atoms with Crippen molar-refractivity contribution in [3.8, 4) is 16.8 Å². The first-order valence-corrected chi connectivity index (χ1v) is 11.1. The van der Waals surface area contributed by atoms with E-state index in [9.17, 15) is 8.42 Å². The lowest BCUT2D eigenvalue weighted by Gasteiger charge is -2.07. The number of nitrogens with two attached hydrogens (primary N) is 1. The number of benzene rings is 1. The highest BCUT2D eigenvalue weighted by molar-refractivity contribution is 7.90. The van der Waals surface area contributed by atoms with Gasteiger partial charge in [-0.25, -0.2) is 18.2 Å². The van der Waals surface area contributed by atoms with Crippen LogP contribution in [0.5, 0.6) is 0 Å². The fourth-order valence-electron chi connectivity index (χ4n) is 3.30. The molecule has 0 spiro atoms. The van der Waals surface area contributed by atoms with Crippen LogP contribution in [0.1, 0.15) is 5.56 Å². The summed E-state index contributed by atoms with van der Waals surface area (Å²) in [6.07, 6.45) is 7.57. The Bertz CT molecular complexity index is 1450. The lowest BCUT2D eigenvalue weighted by molar-refractivity contribution is 0.598. The molecule has 0 unspecified atom stereocenters. The zero-order valence-corrected chi connectivity index (χ0v) is 17.7. The maximum atomic E-state index is 11.7. The minimum atomic E-state index is -3.40. The third kappa shape index (κ3) is 3.28. The number of aryl methyl sites for hydroxylation is 1. The Balaban J connectivity index is 2.03. The minimum absolute atomic E-state index is 0.00233. The molecule has 0 atom stereocenters. The SMILES string of the molecule is [C-]#[N+]c1cc2c(-c3cncc(N)c3Cl)cn(-c3ccc(S(C)(=O)=O)nc3)c2cc1C. The molecule has 3 heterocycles. The Morgan fingerprint density at radius 3 is 2.57 bits per heavy atom. The van der Waals surface area contributed by atoms with Crippen LogP contribution in [-0.2, 0) is 9.84 Å². The van der Waals surface area contributed by atoms with Crippen molar-refractivity contribution in [2.75, 3.05) is 12.0 Å². The molecule has 0 saturated heterocycles. The van der Waals surface area contributed by atoms with E-state index in [-0.39, 0.29) is 5.03 Å². The number of nitrogen functional groups attached to an aromatic ring is 1. The Hall–Kier alpha value is -3.41. The Kier molecular flexibility index (Phi) is 4.73. The van der Waals surface area contributed by atoms with Crippen LogP contribution in [0.2, 0.25) is 5.02 Å². The molecule has 1 aromatic carbocycles. The van der Waals surface area contributed by atoms with Crippen molar-refractivity contribution in [2.24, 2.45) is 0 Å². The molecule has 0 aliphatic carbocycles. The molecule has 2 N–H and O–H groups in total. The van der Waals surface area contributed by atoms with E-state index >= 15 is 0 Å². The number of hydrogen-bond acceptors (Lipinski definition) is 5. The number of halogens is 1. The van der Waals surface area contributed by atoms with Gasteiger partial charge in [0.05, 0.1) is 40.9 Å². The summed E-state index contributed by atoms with van der Waals surface area (Å²) in [6.45, 7) is 9.32. The Labute approximate surface area is 178 Å². The highest BCUT2D eigenvalue weighted by atomic mass is 35.5. The molecule has 30 heavy (non-hydrogen) atoms. The highest BCUT2D eigenvalue weighted by Gasteiger charge is 2.18. The van der Waals surface area contributed by atoms with Gasteiger partial charge in [0.25, 0.3) is 0 Å². The molecule has 0 saturated carbocycles. The van der Waals surface area contributed by atoms with Crippen LogP contribution in [0.4, 0.5) is 11.4 Å². The number of aromatic nitrogens is 3. The zero-order chi connectivity index (χ0) is 21.6. The molecule has 0 fully saturated rings. The lowest BCUT2D eigenvalue weighted by Crippen LogP contribution is -2.01. The molecular formula is C21H16ClN5O2S. The van der Waals surface area contributed by atoms with Gasteiger partial charge in [-0.15, -0.1) is 0 Å². The van der Waals surface area contributed by atoms with Crippen LogP contribution in [0.25, 0.3) is 32.6 Å². The van der Waals surface area contributed by atoms with E-state index in [0.29, 0.717) is 27.6 Å². The standard InChI is InChI=1S/C21H16ClN5O2S/c1-12-6-19-14(7-18(12)24-2)16(15-9-25-10-17(23)21(15)22)11-27(19)13-4-5-20(26-8-13)30(3,28)29/h4-11H,23H2,1,3H3. The average molecular weight is 438 g/mol. The smallest absolute Gasteiger partial charge is 0.192 e. The van der Waals surface area contributed by atoms with Crippen LogP contribution < -0.4 is 5.73 Å². The maximum Gasteiger partial charge on any atom is 0.192 e. The van der Waals surface area contributed by atoms with Crippen LogP contribution in [0.15, 0.2) is 54.1 Å². The normalized spacial score (nSPS) is 11.5. The van der Waals surface area contributed by atoms with Gasteiger partial charge in [-0.05, 0) is 42.1 Å². The second-order valence-corrected chi connectivity index (χ2v) is 9.24. The second-order valence-electron chi connectivity index (χ2n) is 6.90. The van der Waals surface area contributed by atoms with Gasteiger partial charge in [0.1, 0.15) is 0 Å². The monoisotopic (exact) mass is 437 g/mol. The average Bonchev–Trinajstić information content (AvgIpc) is 3.07. The van der Waals surface area contributed by atoms with Crippen LogP contribution >= 0.6 is 11.6 Å². The van der Waals surface area contributed by atoms with E-state index < -0.39 is 9.84 Å². The predicted molar refractivity (Wildman–Crippen MR) is 118 cm³/mol. The number of rotatable bonds is 3. The fourth-order valence-corrected chi connectivity index (χ4v) is 4.06. The van der Waals surface area contributed by atoms with E-state index in [4.69, 9.17) is 23.9 Å². The highest BCUT2D eigenvalue weighted by Crippen LogP contribution is 2.40. The van der Waals surface area contributed by atoms with E-state index in [2.05, 4.69) is 14.8 Å². The summed E-state index contributed by atoms with van der Waals surface area (Å²) < 4.78 is 25.4. The minimum Gasteiger partial charge on any atom is -0.396 e. The van der Waals surface area contributed by atoms with Crippen molar-refractivity contribution in [3.63, 3.8) is 0 Å². The first kappa shape index (κ1) is 19.9. The number of fused-ring (bicyclic) bond motifs is 1. The number of anilines is 1. The van der Waals surface area contributed by atoms with Gasteiger partial charge in [-0.1, -0.05) is 11.6 Å². The van der Waals surface area contributed by atoms with Gasteiger partial charge >= 0.3 is 0 Å². The van der Waals surface area contributed by atoms with Gasteiger partial charge in [0.2, 0.25) is 0 Å². The molecule has 9 heteroatoms. The number of pyridine rings is 2.